The van der Waals surface area contributed by atoms with E-state index >= 15 is 0 Å². The summed E-state index contributed by atoms with van der Waals surface area (Å²) in [6, 6.07) is 8.28. The van der Waals surface area contributed by atoms with Gasteiger partial charge in [0.25, 0.3) is 5.56 Å². The molecular weight excluding hydrogens is 394 g/mol. The van der Waals surface area contributed by atoms with Crippen molar-refractivity contribution in [1.82, 2.24) is 9.55 Å². The van der Waals surface area contributed by atoms with Crippen LogP contribution >= 0.6 is 0 Å². The van der Waals surface area contributed by atoms with Crippen LogP contribution in [0.25, 0.3) is 0 Å². The number of carbonyl (C=O) groups is 1. The highest BCUT2D eigenvalue weighted by Gasteiger charge is 2.51. The van der Waals surface area contributed by atoms with Crippen molar-refractivity contribution >= 4 is 11.6 Å². The number of amides is 1. The summed E-state index contributed by atoms with van der Waals surface area (Å²) in [6.45, 7) is -0.503. The second kappa shape index (κ2) is 7.79. The molecule has 1 amide bonds. The monoisotopic (exact) mass is 423 g/mol. The number of rotatable bonds is 6. The molecular formula is C24H29N3O4. The standard InChI is InChI=1S/C24H29N3O4/c28-14-18-13-25-23(31)27(22(18)30)6-5-21(29)26-20-3-1-19(2-4-20)24-10-15-7-16(11-24)9-17(8-15)12-24/h1-4,13,15-17,28H,5-12,14H2,(H,25,31)(H,26,29). The maximum atomic E-state index is 12.4. The first kappa shape index (κ1) is 20.2. The molecule has 1 aromatic heterocycles. The Morgan fingerprint density at radius 2 is 1.68 bits per heavy atom. The Balaban J connectivity index is 1.23. The average molecular weight is 424 g/mol. The Bertz CT molecular complexity index is 1060. The van der Waals surface area contributed by atoms with Crippen LogP contribution in [0.2, 0.25) is 0 Å². The van der Waals surface area contributed by atoms with Crippen molar-refractivity contribution in [3.05, 3.63) is 62.4 Å². The number of aromatic amines is 1. The average Bonchev–Trinajstić information content (AvgIpc) is 2.73. The van der Waals surface area contributed by atoms with Crippen molar-refractivity contribution in [2.45, 2.75) is 63.5 Å². The van der Waals surface area contributed by atoms with E-state index in [1.165, 1.54) is 50.3 Å². The van der Waals surface area contributed by atoms with Gasteiger partial charge in [-0.15, -0.1) is 0 Å². The molecule has 164 valence electrons. The molecule has 0 radical (unpaired) electrons. The second-order valence-electron chi connectivity index (χ2n) is 9.81. The van der Waals surface area contributed by atoms with E-state index in [9.17, 15) is 19.5 Å². The normalized spacial score (nSPS) is 28.6. The molecule has 6 rings (SSSR count). The van der Waals surface area contributed by atoms with Gasteiger partial charge in [0, 0.05) is 24.8 Å². The van der Waals surface area contributed by atoms with E-state index in [2.05, 4.69) is 22.4 Å². The summed E-state index contributed by atoms with van der Waals surface area (Å²) in [7, 11) is 0. The number of H-pyrrole nitrogens is 1. The number of aliphatic hydroxyl groups is 1. The molecule has 4 saturated carbocycles. The lowest BCUT2D eigenvalue weighted by molar-refractivity contribution is -0.116. The zero-order valence-corrected chi connectivity index (χ0v) is 17.6. The summed E-state index contributed by atoms with van der Waals surface area (Å²) in [5.74, 6) is 2.41. The lowest BCUT2D eigenvalue weighted by Gasteiger charge is -2.57. The third-order valence-electron chi connectivity index (χ3n) is 7.69. The van der Waals surface area contributed by atoms with Crippen LogP contribution in [0.5, 0.6) is 0 Å². The van der Waals surface area contributed by atoms with Crippen molar-refractivity contribution in [3.63, 3.8) is 0 Å². The highest BCUT2D eigenvalue weighted by molar-refractivity contribution is 5.90. The van der Waals surface area contributed by atoms with E-state index in [1.54, 1.807) is 0 Å². The molecule has 0 spiro atoms. The van der Waals surface area contributed by atoms with Crippen molar-refractivity contribution in [3.8, 4) is 0 Å². The third-order valence-corrected chi connectivity index (χ3v) is 7.69. The molecule has 7 heteroatoms. The Morgan fingerprint density at radius 3 is 2.26 bits per heavy atom. The first-order valence-corrected chi connectivity index (χ1v) is 11.3. The van der Waals surface area contributed by atoms with Gasteiger partial charge in [0.2, 0.25) is 5.91 Å². The molecule has 4 aliphatic rings. The number of nitrogens with one attached hydrogen (secondary N) is 2. The molecule has 1 heterocycles. The molecule has 0 aliphatic heterocycles. The van der Waals surface area contributed by atoms with Crippen LogP contribution in [0.3, 0.4) is 0 Å². The van der Waals surface area contributed by atoms with Crippen molar-refractivity contribution in [2.24, 2.45) is 17.8 Å². The van der Waals surface area contributed by atoms with Gasteiger partial charge < -0.3 is 15.4 Å². The number of hydrogen-bond acceptors (Lipinski definition) is 4. The fraction of sp³-hybridized carbons (Fsp3) is 0.542. The number of hydrogen-bond donors (Lipinski definition) is 3. The fourth-order valence-electron chi connectivity index (χ4n) is 6.68. The maximum absolute atomic E-state index is 12.4. The van der Waals surface area contributed by atoms with Crippen LogP contribution in [-0.4, -0.2) is 20.6 Å². The van der Waals surface area contributed by atoms with Crippen LogP contribution in [0.15, 0.2) is 40.1 Å². The molecule has 31 heavy (non-hydrogen) atoms. The number of carbonyl (C=O) groups excluding carboxylic acids is 1. The molecule has 3 N–H and O–H groups in total. The molecule has 4 fully saturated rings. The molecule has 2 aromatic rings. The van der Waals surface area contributed by atoms with E-state index in [1.807, 2.05) is 12.1 Å². The van der Waals surface area contributed by atoms with Crippen LogP contribution in [0.1, 0.15) is 56.1 Å². The first-order chi connectivity index (χ1) is 15.0. The molecule has 4 bridgehead atoms. The molecule has 4 aliphatic carbocycles. The van der Waals surface area contributed by atoms with Gasteiger partial charge in [-0.3, -0.25) is 14.2 Å². The Kier molecular flexibility index (Phi) is 5.08. The van der Waals surface area contributed by atoms with Gasteiger partial charge >= 0.3 is 5.69 Å². The minimum Gasteiger partial charge on any atom is -0.391 e. The van der Waals surface area contributed by atoms with Gasteiger partial charge in [0.05, 0.1) is 12.2 Å². The molecule has 0 saturated heterocycles. The third kappa shape index (κ3) is 3.76. The number of anilines is 1. The zero-order chi connectivity index (χ0) is 21.6. The molecule has 1 aromatic carbocycles. The summed E-state index contributed by atoms with van der Waals surface area (Å²) in [4.78, 5) is 38.8. The van der Waals surface area contributed by atoms with Crippen LogP contribution in [0, 0.1) is 17.8 Å². The molecule has 0 unspecified atom stereocenters. The summed E-state index contributed by atoms with van der Waals surface area (Å²) in [6.07, 6.45) is 9.37. The predicted molar refractivity (Wildman–Crippen MR) is 117 cm³/mol. The number of aromatic nitrogens is 2. The van der Waals surface area contributed by atoms with Crippen molar-refractivity contribution < 1.29 is 9.90 Å². The number of benzene rings is 1. The van der Waals surface area contributed by atoms with Gasteiger partial charge in [-0.25, -0.2) is 4.79 Å². The smallest absolute Gasteiger partial charge is 0.328 e. The molecule has 7 nitrogen and oxygen atoms in total. The molecule has 0 atom stereocenters. The second-order valence-corrected chi connectivity index (χ2v) is 9.81. The highest BCUT2D eigenvalue weighted by atomic mass is 16.3. The number of nitrogens with zero attached hydrogens (tertiary/aromatic N) is 1. The minimum absolute atomic E-state index is 0.00536. The van der Waals surface area contributed by atoms with E-state index in [4.69, 9.17) is 0 Å². The van der Waals surface area contributed by atoms with E-state index in [0.717, 1.165) is 28.0 Å². The van der Waals surface area contributed by atoms with Crippen LogP contribution < -0.4 is 16.6 Å². The maximum Gasteiger partial charge on any atom is 0.328 e. The quantitative estimate of drug-likeness (QED) is 0.664. The van der Waals surface area contributed by atoms with E-state index in [-0.39, 0.29) is 24.4 Å². The fourth-order valence-corrected chi connectivity index (χ4v) is 6.68. The summed E-state index contributed by atoms with van der Waals surface area (Å²) in [5, 5.41) is 12.0. The Labute approximate surface area is 180 Å². The van der Waals surface area contributed by atoms with Gasteiger partial charge in [-0.1, -0.05) is 12.1 Å². The Hall–Kier alpha value is -2.67. The summed E-state index contributed by atoms with van der Waals surface area (Å²) in [5.41, 5.74) is 1.40. The number of aliphatic hydroxyl groups excluding tert-OH is 1. The highest BCUT2D eigenvalue weighted by Crippen LogP contribution is 2.60. The van der Waals surface area contributed by atoms with Gasteiger partial charge in [-0.2, -0.15) is 0 Å². The first-order valence-electron chi connectivity index (χ1n) is 11.3. The summed E-state index contributed by atoms with van der Waals surface area (Å²) < 4.78 is 0.946. The summed E-state index contributed by atoms with van der Waals surface area (Å²) >= 11 is 0. The van der Waals surface area contributed by atoms with Gasteiger partial charge in [0.15, 0.2) is 0 Å². The van der Waals surface area contributed by atoms with Gasteiger partial charge in [0.1, 0.15) is 0 Å². The van der Waals surface area contributed by atoms with Crippen LogP contribution in [0.4, 0.5) is 5.69 Å². The SMILES string of the molecule is O=C(CCn1c(=O)[nH]cc(CO)c1=O)Nc1ccc(C23CC4CC(CC(C4)C2)C3)cc1. The van der Waals surface area contributed by atoms with Crippen molar-refractivity contribution in [2.75, 3.05) is 5.32 Å². The van der Waals surface area contributed by atoms with Gasteiger partial charge in [-0.05, 0) is 79.4 Å². The zero-order valence-electron chi connectivity index (χ0n) is 17.6. The minimum atomic E-state index is -0.588. The lowest BCUT2D eigenvalue weighted by Crippen LogP contribution is -2.48. The van der Waals surface area contributed by atoms with E-state index in [0.29, 0.717) is 5.41 Å². The topological polar surface area (TPSA) is 104 Å². The van der Waals surface area contributed by atoms with Crippen LogP contribution in [-0.2, 0) is 23.4 Å². The van der Waals surface area contributed by atoms with Crippen molar-refractivity contribution in [1.29, 1.82) is 0 Å². The predicted octanol–water partition coefficient (Wildman–Crippen LogP) is 2.53. The lowest BCUT2D eigenvalue weighted by atomic mass is 9.48. The Morgan fingerprint density at radius 1 is 1.06 bits per heavy atom. The van der Waals surface area contributed by atoms with E-state index < -0.39 is 17.9 Å². The largest absolute Gasteiger partial charge is 0.391 e.